The Balaban J connectivity index is 2.22. The maximum Gasteiger partial charge on any atom is 0.169 e. The van der Waals surface area contributed by atoms with Crippen molar-refractivity contribution >= 4 is 5.78 Å². The number of carbonyl (C=O) groups is 1. The molecule has 0 aromatic carbocycles. The van der Waals surface area contributed by atoms with Crippen LogP contribution in [-0.2, 0) is 4.79 Å². The number of fused-ring (bicyclic) bond motifs is 1. The lowest BCUT2D eigenvalue weighted by atomic mass is 9.86. The molecule has 2 aliphatic rings. The van der Waals surface area contributed by atoms with E-state index in [2.05, 4.69) is 11.9 Å². The monoisotopic (exact) mass is 165 g/mol. The van der Waals surface area contributed by atoms with E-state index in [1.165, 1.54) is 24.8 Å². The number of rotatable bonds is 0. The van der Waals surface area contributed by atoms with Gasteiger partial charge in [0.15, 0.2) is 5.78 Å². The Hall–Kier alpha value is -0.630. The lowest BCUT2D eigenvalue weighted by Gasteiger charge is -2.35. The van der Waals surface area contributed by atoms with Crippen LogP contribution in [-0.4, -0.2) is 30.3 Å². The van der Waals surface area contributed by atoms with Gasteiger partial charge in [-0.1, -0.05) is 6.42 Å². The molecule has 2 nitrogen and oxygen atoms in total. The zero-order chi connectivity index (χ0) is 8.55. The summed E-state index contributed by atoms with van der Waals surface area (Å²) in [6, 6.07) is 0.580. The summed E-state index contributed by atoms with van der Waals surface area (Å²) >= 11 is 0. The highest BCUT2D eigenvalue weighted by atomic mass is 16.1. The summed E-state index contributed by atoms with van der Waals surface area (Å²) in [6.45, 7) is 0.619. The van der Waals surface area contributed by atoms with Crippen molar-refractivity contribution < 1.29 is 4.79 Å². The first-order valence-corrected chi connectivity index (χ1v) is 4.71. The van der Waals surface area contributed by atoms with E-state index in [4.69, 9.17) is 0 Å². The Bertz CT molecular complexity index is 232. The van der Waals surface area contributed by atoms with Crippen LogP contribution in [0.15, 0.2) is 11.6 Å². The largest absolute Gasteiger partial charge is 0.293 e. The average Bonchev–Trinajstić information content (AvgIpc) is 2.04. The van der Waals surface area contributed by atoms with E-state index in [9.17, 15) is 4.79 Å². The molecular weight excluding hydrogens is 150 g/mol. The number of likely N-dealkylation sites (N-methyl/N-ethyl adjacent to an activating group) is 1. The van der Waals surface area contributed by atoms with E-state index in [1.807, 2.05) is 6.08 Å². The van der Waals surface area contributed by atoms with Crippen LogP contribution in [0.2, 0.25) is 0 Å². The van der Waals surface area contributed by atoms with Gasteiger partial charge >= 0.3 is 0 Å². The van der Waals surface area contributed by atoms with Gasteiger partial charge in [-0.05, 0) is 38.0 Å². The van der Waals surface area contributed by atoms with Gasteiger partial charge in [0.2, 0.25) is 0 Å². The number of nitrogens with zero attached hydrogens (tertiary/aromatic N) is 1. The summed E-state index contributed by atoms with van der Waals surface area (Å²) in [6.07, 6.45) is 6.85. The Morgan fingerprint density at radius 2 is 2.33 bits per heavy atom. The molecule has 2 heteroatoms. The van der Waals surface area contributed by atoms with Gasteiger partial charge < -0.3 is 0 Å². The third kappa shape index (κ3) is 1.31. The molecule has 0 aromatic heterocycles. The molecule has 0 amide bonds. The van der Waals surface area contributed by atoms with Gasteiger partial charge in [0, 0.05) is 6.04 Å². The smallest absolute Gasteiger partial charge is 0.169 e. The van der Waals surface area contributed by atoms with Crippen LogP contribution in [0.4, 0.5) is 0 Å². The summed E-state index contributed by atoms with van der Waals surface area (Å²) in [4.78, 5) is 13.4. The minimum absolute atomic E-state index is 0.283. The lowest BCUT2D eigenvalue weighted by molar-refractivity contribution is -0.116. The second-order valence-electron chi connectivity index (χ2n) is 3.86. The normalized spacial score (nSPS) is 31.2. The van der Waals surface area contributed by atoms with Gasteiger partial charge in [0.25, 0.3) is 0 Å². The van der Waals surface area contributed by atoms with Crippen LogP contribution in [0.3, 0.4) is 0 Å². The molecule has 0 spiro atoms. The highest BCUT2D eigenvalue weighted by Gasteiger charge is 2.27. The van der Waals surface area contributed by atoms with Crippen molar-refractivity contribution in [1.29, 1.82) is 0 Å². The maximum atomic E-state index is 11.2. The second kappa shape index (κ2) is 3.02. The molecule has 0 N–H and O–H groups in total. The standard InChI is InChI=1S/C10H15NO/c1-11-7-9(12)6-8-4-2-3-5-10(8)11/h6,10H,2-5,7H2,1H3/t10-/m0/s1. The van der Waals surface area contributed by atoms with E-state index in [-0.39, 0.29) is 5.78 Å². The molecule has 1 aliphatic carbocycles. The molecule has 0 saturated heterocycles. The van der Waals surface area contributed by atoms with Crippen molar-refractivity contribution in [3.8, 4) is 0 Å². The topological polar surface area (TPSA) is 20.3 Å². The van der Waals surface area contributed by atoms with Crippen molar-refractivity contribution in [1.82, 2.24) is 4.90 Å². The molecule has 12 heavy (non-hydrogen) atoms. The summed E-state index contributed by atoms with van der Waals surface area (Å²) < 4.78 is 0. The molecule has 1 atom stereocenters. The Morgan fingerprint density at radius 3 is 3.17 bits per heavy atom. The van der Waals surface area contributed by atoms with Crippen molar-refractivity contribution in [2.75, 3.05) is 13.6 Å². The zero-order valence-electron chi connectivity index (χ0n) is 7.55. The molecule has 0 bridgehead atoms. The van der Waals surface area contributed by atoms with Crippen LogP contribution < -0.4 is 0 Å². The molecular formula is C10H15NO. The minimum atomic E-state index is 0.283. The van der Waals surface area contributed by atoms with Gasteiger partial charge in [-0.2, -0.15) is 0 Å². The van der Waals surface area contributed by atoms with Crippen molar-refractivity contribution in [3.63, 3.8) is 0 Å². The van der Waals surface area contributed by atoms with Crippen LogP contribution in [0.1, 0.15) is 25.7 Å². The molecule has 1 fully saturated rings. The van der Waals surface area contributed by atoms with E-state index >= 15 is 0 Å². The number of ketones is 1. The number of hydrogen-bond acceptors (Lipinski definition) is 2. The minimum Gasteiger partial charge on any atom is -0.293 e. The van der Waals surface area contributed by atoms with Gasteiger partial charge in [-0.25, -0.2) is 0 Å². The van der Waals surface area contributed by atoms with E-state index in [0.29, 0.717) is 12.6 Å². The van der Waals surface area contributed by atoms with Crippen molar-refractivity contribution in [3.05, 3.63) is 11.6 Å². The Labute approximate surface area is 73.2 Å². The quantitative estimate of drug-likeness (QED) is 0.540. The van der Waals surface area contributed by atoms with Crippen molar-refractivity contribution in [2.45, 2.75) is 31.7 Å². The fourth-order valence-corrected chi connectivity index (χ4v) is 2.30. The number of carbonyl (C=O) groups excluding carboxylic acids is 1. The lowest BCUT2D eigenvalue weighted by Crippen LogP contribution is -2.42. The predicted octanol–water partition coefficient (Wildman–Crippen LogP) is 1.37. The Morgan fingerprint density at radius 1 is 1.50 bits per heavy atom. The van der Waals surface area contributed by atoms with Gasteiger partial charge in [-0.15, -0.1) is 0 Å². The summed E-state index contributed by atoms with van der Waals surface area (Å²) in [5.41, 5.74) is 1.38. The molecule has 0 aromatic rings. The molecule has 0 unspecified atom stereocenters. The summed E-state index contributed by atoms with van der Waals surface area (Å²) in [5, 5.41) is 0. The maximum absolute atomic E-state index is 11.2. The summed E-state index contributed by atoms with van der Waals surface area (Å²) in [5.74, 6) is 0.283. The molecule has 2 rings (SSSR count). The first-order valence-electron chi connectivity index (χ1n) is 4.71. The third-order valence-corrected chi connectivity index (χ3v) is 2.90. The van der Waals surface area contributed by atoms with Crippen LogP contribution in [0.25, 0.3) is 0 Å². The first-order chi connectivity index (χ1) is 5.77. The number of hydrogen-bond donors (Lipinski definition) is 0. The van der Waals surface area contributed by atoms with E-state index in [1.54, 1.807) is 0 Å². The van der Waals surface area contributed by atoms with E-state index < -0.39 is 0 Å². The summed E-state index contributed by atoms with van der Waals surface area (Å²) in [7, 11) is 2.06. The molecule has 1 aliphatic heterocycles. The van der Waals surface area contributed by atoms with Gasteiger partial charge in [0.05, 0.1) is 6.54 Å². The fourth-order valence-electron chi connectivity index (χ4n) is 2.30. The molecule has 66 valence electrons. The van der Waals surface area contributed by atoms with Crippen LogP contribution in [0, 0.1) is 0 Å². The van der Waals surface area contributed by atoms with Crippen LogP contribution >= 0.6 is 0 Å². The van der Waals surface area contributed by atoms with Gasteiger partial charge in [-0.3, -0.25) is 9.69 Å². The highest BCUT2D eigenvalue weighted by Crippen LogP contribution is 2.29. The highest BCUT2D eigenvalue weighted by molar-refractivity contribution is 5.93. The second-order valence-corrected chi connectivity index (χ2v) is 3.86. The van der Waals surface area contributed by atoms with Crippen molar-refractivity contribution in [2.24, 2.45) is 0 Å². The Kier molecular flexibility index (Phi) is 2.01. The van der Waals surface area contributed by atoms with Gasteiger partial charge in [0.1, 0.15) is 0 Å². The molecule has 0 radical (unpaired) electrons. The third-order valence-electron chi connectivity index (χ3n) is 2.90. The predicted molar refractivity (Wildman–Crippen MR) is 48.0 cm³/mol. The fraction of sp³-hybridized carbons (Fsp3) is 0.700. The SMILES string of the molecule is CN1CC(=O)C=C2CCCC[C@@H]21. The molecule has 1 saturated carbocycles. The van der Waals surface area contributed by atoms with Crippen LogP contribution in [0.5, 0.6) is 0 Å². The van der Waals surface area contributed by atoms with E-state index in [0.717, 1.165) is 6.42 Å². The molecule has 1 heterocycles. The zero-order valence-corrected chi connectivity index (χ0v) is 7.55. The average molecular weight is 165 g/mol. The first kappa shape index (κ1) is 7.99.